The Hall–Kier alpha value is -1.58. The Morgan fingerprint density at radius 2 is 1.95 bits per heavy atom. The molecule has 1 aromatic rings. The Bertz CT molecular complexity index is 490. The summed E-state index contributed by atoms with van der Waals surface area (Å²) in [6, 6.07) is 3.28. The minimum Gasteiger partial charge on any atom is -0.496 e. The monoisotopic (exact) mass is 266 g/mol. The second kappa shape index (κ2) is 5.19. The van der Waals surface area contributed by atoms with Gasteiger partial charge >= 0.3 is 5.97 Å². The number of halogens is 1. The molecule has 1 saturated carbocycles. The van der Waals surface area contributed by atoms with E-state index >= 15 is 0 Å². The quantitative estimate of drug-likeness (QED) is 0.911. The lowest BCUT2D eigenvalue weighted by atomic mass is 9.68. The Kier molecular flexibility index (Phi) is 3.78. The van der Waals surface area contributed by atoms with Crippen LogP contribution in [0.15, 0.2) is 12.1 Å². The van der Waals surface area contributed by atoms with Gasteiger partial charge in [-0.3, -0.25) is 4.79 Å². The van der Waals surface area contributed by atoms with Gasteiger partial charge < -0.3 is 9.84 Å². The third-order valence-electron chi connectivity index (χ3n) is 4.11. The molecule has 1 N–H and O–H groups in total. The fourth-order valence-electron chi connectivity index (χ4n) is 3.00. The summed E-state index contributed by atoms with van der Waals surface area (Å²) in [6.07, 6.45) is 3.56. The number of carbonyl (C=O) groups is 1. The van der Waals surface area contributed by atoms with E-state index in [-0.39, 0.29) is 5.56 Å². The van der Waals surface area contributed by atoms with Gasteiger partial charge in [-0.05, 0) is 31.4 Å². The molecule has 0 aromatic heterocycles. The van der Waals surface area contributed by atoms with E-state index in [1.165, 1.54) is 7.11 Å². The summed E-state index contributed by atoms with van der Waals surface area (Å²) in [5.41, 5.74) is -0.455. The number of aliphatic carboxylic acids is 1. The summed E-state index contributed by atoms with van der Waals surface area (Å²) >= 11 is 0. The lowest BCUT2D eigenvalue weighted by Gasteiger charge is -2.35. The van der Waals surface area contributed by atoms with Crippen LogP contribution in [0, 0.1) is 12.7 Å². The van der Waals surface area contributed by atoms with E-state index in [9.17, 15) is 14.3 Å². The first-order valence-electron chi connectivity index (χ1n) is 6.60. The van der Waals surface area contributed by atoms with Crippen molar-refractivity contribution < 1.29 is 19.0 Å². The van der Waals surface area contributed by atoms with Crippen LogP contribution >= 0.6 is 0 Å². The highest BCUT2D eigenvalue weighted by Crippen LogP contribution is 2.45. The van der Waals surface area contributed by atoms with E-state index in [1.54, 1.807) is 19.1 Å². The fourth-order valence-corrected chi connectivity index (χ4v) is 3.00. The average Bonchev–Trinajstić information content (AvgIpc) is 2.42. The lowest BCUT2D eigenvalue weighted by molar-refractivity contribution is -0.145. The molecule has 104 valence electrons. The lowest BCUT2D eigenvalue weighted by Crippen LogP contribution is -2.39. The maximum absolute atomic E-state index is 14.5. The van der Waals surface area contributed by atoms with Crippen molar-refractivity contribution in [3.05, 3.63) is 29.1 Å². The van der Waals surface area contributed by atoms with Crippen molar-refractivity contribution in [1.82, 2.24) is 0 Å². The number of aryl methyl sites for hydroxylation is 1. The topological polar surface area (TPSA) is 46.5 Å². The van der Waals surface area contributed by atoms with E-state index in [1.807, 2.05) is 0 Å². The van der Waals surface area contributed by atoms with Crippen LogP contribution in [0.2, 0.25) is 0 Å². The van der Waals surface area contributed by atoms with Gasteiger partial charge in [0.1, 0.15) is 11.6 Å². The Morgan fingerprint density at radius 1 is 1.32 bits per heavy atom. The van der Waals surface area contributed by atoms with Gasteiger partial charge in [0.15, 0.2) is 0 Å². The average molecular weight is 266 g/mol. The van der Waals surface area contributed by atoms with Crippen molar-refractivity contribution in [3.63, 3.8) is 0 Å². The smallest absolute Gasteiger partial charge is 0.314 e. The van der Waals surface area contributed by atoms with Gasteiger partial charge in [-0.15, -0.1) is 0 Å². The molecule has 0 saturated heterocycles. The van der Waals surface area contributed by atoms with Crippen molar-refractivity contribution >= 4 is 5.97 Å². The van der Waals surface area contributed by atoms with Crippen LogP contribution in [0.5, 0.6) is 5.75 Å². The number of rotatable bonds is 3. The molecule has 2 rings (SSSR count). The maximum atomic E-state index is 14.5. The zero-order valence-electron chi connectivity index (χ0n) is 11.3. The molecule has 0 radical (unpaired) electrons. The van der Waals surface area contributed by atoms with Gasteiger partial charge in [-0.25, -0.2) is 4.39 Å². The molecule has 0 amide bonds. The van der Waals surface area contributed by atoms with Crippen LogP contribution in [-0.4, -0.2) is 18.2 Å². The molecule has 19 heavy (non-hydrogen) atoms. The summed E-state index contributed by atoms with van der Waals surface area (Å²) in [5.74, 6) is -1.05. The first-order valence-corrected chi connectivity index (χ1v) is 6.60. The highest BCUT2D eigenvalue weighted by molar-refractivity contribution is 5.83. The number of carboxylic acid groups (broad SMARTS) is 1. The van der Waals surface area contributed by atoms with Crippen LogP contribution < -0.4 is 4.74 Å². The second-order valence-electron chi connectivity index (χ2n) is 5.22. The Balaban J connectivity index is 2.65. The van der Waals surface area contributed by atoms with Crippen molar-refractivity contribution in [1.29, 1.82) is 0 Å². The molecule has 3 nitrogen and oxygen atoms in total. The molecule has 0 atom stereocenters. The van der Waals surface area contributed by atoms with Gasteiger partial charge in [0.05, 0.1) is 12.5 Å². The molecule has 0 unspecified atom stereocenters. The van der Waals surface area contributed by atoms with Gasteiger partial charge in [0.2, 0.25) is 0 Å². The number of methoxy groups -OCH3 is 1. The largest absolute Gasteiger partial charge is 0.496 e. The molecule has 0 heterocycles. The number of ether oxygens (including phenoxy) is 1. The van der Waals surface area contributed by atoms with Gasteiger partial charge in [-0.2, -0.15) is 0 Å². The van der Waals surface area contributed by atoms with Gasteiger partial charge in [0.25, 0.3) is 0 Å². The minimum absolute atomic E-state index is 0.224. The third kappa shape index (κ3) is 2.20. The van der Waals surface area contributed by atoms with Crippen molar-refractivity contribution in [2.45, 2.75) is 44.4 Å². The zero-order valence-corrected chi connectivity index (χ0v) is 11.3. The minimum atomic E-state index is -1.14. The van der Waals surface area contributed by atoms with Gasteiger partial charge in [0, 0.05) is 5.56 Å². The zero-order chi connectivity index (χ0) is 14.0. The highest BCUT2D eigenvalue weighted by Gasteiger charge is 2.45. The highest BCUT2D eigenvalue weighted by atomic mass is 19.1. The number of carboxylic acids is 1. The standard InChI is InChI=1S/C15H19FO3/c1-10-6-7-11(19-2)12(13(10)16)15(14(17)18)8-4-3-5-9-15/h6-7H,3-5,8-9H2,1-2H3,(H,17,18). The fraction of sp³-hybridized carbons (Fsp3) is 0.533. The number of hydrogen-bond donors (Lipinski definition) is 1. The summed E-state index contributed by atoms with van der Waals surface area (Å²) in [4.78, 5) is 11.8. The Morgan fingerprint density at radius 3 is 2.47 bits per heavy atom. The summed E-state index contributed by atoms with van der Waals surface area (Å²) < 4.78 is 19.7. The van der Waals surface area contributed by atoms with E-state index in [2.05, 4.69) is 0 Å². The van der Waals surface area contributed by atoms with Crippen LogP contribution in [-0.2, 0) is 10.2 Å². The molecular weight excluding hydrogens is 247 g/mol. The normalized spacial score (nSPS) is 18.1. The molecule has 0 spiro atoms. The van der Waals surface area contributed by atoms with Crippen LogP contribution in [0.1, 0.15) is 43.2 Å². The van der Waals surface area contributed by atoms with Crippen molar-refractivity contribution in [2.24, 2.45) is 0 Å². The summed E-state index contributed by atoms with van der Waals surface area (Å²) in [7, 11) is 1.45. The molecule has 0 aliphatic heterocycles. The second-order valence-corrected chi connectivity index (χ2v) is 5.22. The first-order chi connectivity index (χ1) is 9.03. The van der Waals surface area contributed by atoms with Gasteiger partial charge in [-0.1, -0.05) is 25.3 Å². The van der Waals surface area contributed by atoms with E-state index in [0.717, 1.165) is 19.3 Å². The molecule has 1 aromatic carbocycles. The van der Waals surface area contributed by atoms with Crippen molar-refractivity contribution in [2.75, 3.05) is 7.11 Å². The van der Waals surface area contributed by atoms with Crippen LogP contribution in [0.25, 0.3) is 0 Å². The van der Waals surface area contributed by atoms with Crippen LogP contribution in [0.4, 0.5) is 4.39 Å². The molecule has 4 heteroatoms. The third-order valence-corrected chi connectivity index (χ3v) is 4.11. The SMILES string of the molecule is COc1ccc(C)c(F)c1C1(C(=O)O)CCCCC1. The predicted octanol–water partition coefficient (Wildman–Crippen LogP) is 3.43. The Labute approximate surface area is 112 Å². The summed E-state index contributed by atoms with van der Waals surface area (Å²) in [6.45, 7) is 1.65. The molecule has 1 aliphatic carbocycles. The van der Waals surface area contributed by atoms with E-state index < -0.39 is 17.2 Å². The number of hydrogen-bond acceptors (Lipinski definition) is 2. The molecule has 0 bridgehead atoms. The summed E-state index contributed by atoms with van der Waals surface area (Å²) in [5, 5.41) is 9.66. The van der Waals surface area contributed by atoms with E-state index in [4.69, 9.17) is 4.74 Å². The van der Waals surface area contributed by atoms with E-state index in [0.29, 0.717) is 24.2 Å². The molecular formula is C15H19FO3. The first kappa shape index (κ1) is 13.8. The maximum Gasteiger partial charge on any atom is 0.314 e. The molecule has 1 aliphatic rings. The van der Waals surface area contributed by atoms with Crippen LogP contribution in [0.3, 0.4) is 0 Å². The van der Waals surface area contributed by atoms with Crippen molar-refractivity contribution in [3.8, 4) is 5.75 Å². The predicted molar refractivity (Wildman–Crippen MR) is 70.1 cm³/mol. The molecule has 1 fully saturated rings. The number of benzene rings is 1.